The van der Waals surface area contributed by atoms with Crippen LogP contribution in [0, 0.1) is 0 Å². The second-order valence-corrected chi connectivity index (χ2v) is 7.95. The lowest BCUT2D eigenvalue weighted by Gasteiger charge is -2.21. The maximum absolute atomic E-state index is 12.7. The number of anilines is 1. The molecule has 0 aliphatic heterocycles. The molecule has 33 heavy (non-hydrogen) atoms. The van der Waals surface area contributed by atoms with Crippen molar-refractivity contribution in [3.05, 3.63) is 71.5 Å². The summed E-state index contributed by atoms with van der Waals surface area (Å²) in [6, 6.07) is 15.0. The Morgan fingerprint density at radius 3 is 2.27 bits per heavy atom. The highest BCUT2D eigenvalue weighted by Gasteiger charge is 2.30. The van der Waals surface area contributed by atoms with Crippen molar-refractivity contribution in [1.82, 2.24) is 14.7 Å². The zero-order valence-corrected chi connectivity index (χ0v) is 18.5. The molecule has 9 nitrogen and oxygen atoms in total. The van der Waals surface area contributed by atoms with E-state index in [1.54, 1.807) is 7.05 Å². The van der Waals surface area contributed by atoms with E-state index in [2.05, 4.69) is 22.5 Å². The Morgan fingerprint density at radius 1 is 1.12 bits per heavy atom. The monoisotopic (exact) mass is 448 g/mol. The molecule has 0 radical (unpaired) electrons. The third-order valence-corrected chi connectivity index (χ3v) is 5.87. The standard InChI is InChI=1S/C24H24N4O5/c1-14(23(30)31)28(3)22(29)21-20(12-27(2)26-21)25-24(32)33-13-19-17-10-6-4-8-15(17)16-9-5-7-11-18(16)19/h4-12,14,19H,13H2,1-3H3,(H,25,32)(H,30,31). The van der Waals surface area contributed by atoms with Crippen LogP contribution in [0.4, 0.5) is 10.5 Å². The summed E-state index contributed by atoms with van der Waals surface area (Å²) in [7, 11) is 2.97. The number of benzene rings is 2. The van der Waals surface area contributed by atoms with Crippen LogP contribution in [0.25, 0.3) is 11.1 Å². The molecule has 9 heteroatoms. The summed E-state index contributed by atoms with van der Waals surface area (Å²) >= 11 is 0. The molecule has 0 spiro atoms. The summed E-state index contributed by atoms with van der Waals surface area (Å²) in [6.07, 6.45) is 0.737. The number of carbonyl (C=O) groups is 3. The molecular weight excluding hydrogens is 424 g/mol. The second-order valence-electron chi connectivity index (χ2n) is 7.95. The van der Waals surface area contributed by atoms with Crippen LogP contribution in [0.3, 0.4) is 0 Å². The number of carboxylic acid groups (broad SMARTS) is 1. The fraction of sp³-hybridized carbons (Fsp3) is 0.250. The van der Waals surface area contributed by atoms with Gasteiger partial charge in [-0.2, -0.15) is 5.10 Å². The number of aliphatic carboxylic acids is 1. The zero-order valence-electron chi connectivity index (χ0n) is 18.5. The highest BCUT2D eigenvalue weighted by molar-refractivity contribution is 6.02. The predicted octanol–water partition coefficient (Wildman–Crippen LogP) is 3.33. The van der Waals surface area contributed by atoms with Gasteiger partial charge in [0.1, 0.15) is 12.6 Å². The third kappa shape index (κ3) is 4.17. The minimum atomic E-state index is -1.15. The first kappa shape index (κ1) is 22.1. The van der Waals surface area contributed by atoms with E-state index >= 15 is 0 Å². The van der Waals surface area contributed by atoms with Crippen LogP contribution in [0.5, 0.6) is 0 Å². The lowest BCUT2D eigenvalue weighted by atomic mass is 9.98. The van der Waals surface area contributed by atoms with Crippen LogP contribution in [0.15, 0.2) is 54.7 Å². The third-order valence-electron chi connectivity index (χ3n) is 5.87. The molecule has 1 aliphatic rings. The summed E-state index contributed by atoms with van der Waals surface area (Å²) in [5.74, 6) is -1.87. The number of ether oxygens (including phenoxy) is 1. The normalized spacial score (nSPS) is 13.1. The molecule has 1 aromatic heterocycles. The van der Waals surface area contributed by atoms with Gasteiger partial charge in [-0.15, -0.1) is 0 Å². The lowest BCUT2D eigenvalue weighted by molar-refractivity contribution is -0.141. The van der Waals surface area contributed by atoms with Gasteiger partial charge in [0.15, 0.2) is 5.69 Å². The van der Waals surface area contributed by atoms with E-state index in [4.69, 9.17) is 4.74 Å². The van der Waals surface area contributed by atoms with Gasteiger partial charge in [-0.25, -0.2) is 9.59 Å². The second kappa shape index (κ2) is 8.78. The molecule has 2 N–H and O–H groups in total. The molecule has 0 bridgehead atoms. The Hall–Kier alpha value is -4.14. The smallest absolute Gasteiger partial charge is 0.411 e. The van der Waals surface area contributed by atoms with Crippen LogP contribution in [-0.2, 0) is 16.6 Å². The van der Waals surface area contributed by atoms with Crippen LogP contribution >= 0.6 is 0 Å². The van der Waals surface area contributed by atoms with Gasteiger partial charge in [-0.1, -0.05) is 48.5 Å². The van der Waals surface area contributed by atoms with Gasteiger partial charge in [-0.05, 0) is 29.2 Å². The molecule has 2 amide bonds. The zero-order chi connectivity index (χ0) is 23.7. The number of nitrogens with zero attached hydrogens (tertiary/aromatic N) is 3. The van der Waals surface area contributed by atoms with E-state index in [9.17, 15) is 19.5 Å². The molecule has 1 atom stereocenters. The van der Waals surface area contributed by atoms with Crippen LogP contribution < -0.4 is 5.32 Å². The largest absolute Gasteiger partial charge is 0.480 e. The van der Waals surface area contributed by atoms with E-state index in [0.717, 1.165) is 27.2 Å². The molecule has 170 valence electrons. The van der Waals surface area contributed by atoms with Gasteiger partial charge in [0, 0.05) is 26.2 Å². The summed E-state index contributed by atoms with van der Waals surface area (Å²) in [6.45, 7) is 1.52. The fourth-order valence-corrected chi connectivity index (χ4v) is 3.99. The summed E-state index contributed by atoms with van der Waals surface area (Å²) in [4.78, 5) is 37.6. The molecule has 0 saturated heterocycles. The number of hydrogen-bond donors (Lipinski definition) is 2. The minimum Gasteiger partial charge on any atom is -0.480 e. The number of likely N-dealkylation sites (N-methyl/N-ethyl adjacent to an activating group) is 1. The highest BCUT2D eigenvalue weighted by atomic mass is 16.5. The number of nitrogens with one attached hydrogen (secondary N) is 1. The van der Waals surface area contributed by atoms with Crippen molar-refractivity contribution < 1.29 is 24.2 Å². The van der Waals surface area contributed by atoms with E-state index < -0.39 is 24.0 Å². The SMILES string of the molecule is CC(C(=O)O)N(C)C(=O)c1nn(C)cc1NC(=O)OCC1c2ccccc2-c2ccccc21. The molecule has 1 heterocycles. The van der Waals surface area contributed by atoms with Crippen LogP contribution in [0.1, 0.15) is 34.5 Å². The van der Waals surface area contributed by atoms with Gasteiger partial charge in [0.2, 0.25) is 0 Å². The van der Waals surface area contributed by atoms with Gasteiger partial charge >= 0.3 is 12.1 Å². The average Bonchev–Trinajstić information content (AvgIpc) is 3.33. The number of amides is 2. The molecule has 0 saturated carbocycles. The fourth-order valence-electron chi connectivity index (χ4n) is 3.99. The molecule has 2 aromatic carbocycles. The van der Waals surface area contributed by atoms with Gasteiger partial charge in [0.05, 0.1) is 5.69 Å². The quantitative estimate of drug-likeness (QED) is 0.598. The van der Waals surface area contributed by atoms with Crippen molar-refractivity contribution in [3.8, 4) is 11.1 Å². The number of carbonyl (C=O) groups excluding carboxylic acids is 2. The topological polar surface area (TPSA) is 114 Å². The minimum absolute atomic E-state index is 0.0680. The van der Waals surface area contributed by atoms with E-state index in [0.29, 0.717) is 0 Å². The van der Waals surface area contributed by atoms with Crippen molar-refractivity contribution in [1.29, 1.82) is 0 Å². The molecular formula is C24H24N4O5. The van der Waals surface area contributed by atoms with E-state index in [1.807, 2.05) is 36.4 Å². The van der Waals surface area contributed by atoms with Crippen molar-refractivity contribution in [2.24, 2.45) is 7.05 Å². The average molecular weight is 448 g/mol. The van der Waals surface area contributed by atoms with Crippen molar-refractivity contribution >= 4 is 23.7 Å². The van der Waals surface area contributed by atoms with Gasteiger partial charge in [-0.3, -0.25) is 14.8 Å². The summed E-state index contributed by atoms with van der Waals surface area (Å²) < 4.78 is 6.89. The van der Waals surface area contributed by atoms with Crippen molar-refractivity contribution in [2.75, 3.05) is 19.0 Å². The lowest BCUT2D eigenvalue weighted by Crippen LogP contribution is -2.40. The van der Waals surface area contributed by atoms with Crippen molar-refractivity contribution in [3.63, 3.8) is 0 Å². The van der Waals surface area contributed by atoms with Crippen LogP contribution in [-0.4, -0.2) is 57.5 Å². The number of rotatable bonds is 6. The summed E-state index contributed by atoms with van der Waals surface area (Å²) in [5.41, 5.74) is 4.50. The Balaban J connectivity index is 1.48. The Kier molecular flexibility index (Phi) is 5.87. The Bertz CT molecular complexity index is 1190. The number of aryl methyl sites for hydroxylation is 1. The van der Waals surface area contributed by atoms with Crippen molar-refractivity contribution in [2.45, 2.75) is 18.9 Å². The first-order valence-electron chi connectivity index (χ1n) is 10.4. The molecule has 3 aromatic rings. The molecule has 4 rings (SSSR count). The number of hydrogen-bond acceptors (Lipinski definition) is 5. The first-order chi connectivity index (χ1) is 15.8. The maximum Gasteiger partial charge on any atom is 0.411 e. The molecule has 1 unspecified atom stereocenters. The Morgan fingerprint density at radius 2 is 1.70 bits per heavy atom. The first-order valence-corrected chi connectivity index (χ1v) is 10.4. The number of carboxylic acids is 1. The van der Waals surface area contributed by atoms with Gasteiger partial charge < -0.3 is 14.7 Å². The number of fused-ring (bicyclic) bond motifs is 3. The van der Waals surface area contributed by atoms with Gasteiger partial charge in [0.25, 0.3) is 5.91 Å². The van der Waals surface area contributed by atoms with E-state index in [1.165, 1.54) is 24.9 Å². The Labute approximate surface area is 190 Å². The maximum atomic E-state index is 12.7. The van der Waals surface area contributed by atoms with Crippen LogP contribution in [0.2, 0.25) is 0 Å². The summed E-state index contributed by atoms with van der Waals surface area (Å²) in [5, 5.41) is 15.8. The molecule has 1 aliphatic carbocycles. The molecule has 0 fully saturated rings. The van der Waals surface area contributed by atoms with E-state index in [-0.39, 0.29) is 23.9 Å². The number of aromatic nitrogens is 2. The predicted molar refractivity (Wildman–Crippen MR) is 121 cm³/mol. The highest BCUT2D eigenvalue weighted by Crippen LogP contribution is 2.44.